The van der Waals surface area contributed by atoms with Crippen LogP contribution in [0, 0.1) is 5.92 Å². The first-order chi connectivity index (χ1) is 18.7. The number of carboxylic acids is 2. The summed E-state index contributed by atoms with van der Waals surface area (Å²) in [7, 11) is 0. The van der Waals surface area contributed by atoms with E-state index in [1.807, 2.05) is 13.8 Å². The Morgan fingerprint density at radius 1 is 0.875 bits per heavy atom. The Hall–Kier alpha value is -4.40. The molecule has 0 radical (unpaired) electrons. The molecule has 0 saturated carbocycles. The zero-order valence-corrected chi connectivity index (χ0v) is 22.5. The predicted molar refractivity (Wildman–Crippen MR) is 145 cm³/mol. The molecule has 0 aliphatic carbocycles. The van der Waals surface area contributed by atoms with Crippen LogP contribution >= 0.6 is 0 Å². The molecule has 15 heteroatoms. The van der Waals surface area contributed by atoms with Crippen LogP contribution in [0.5, 0.6) is 5.75 Å². The van der Waals surface area contributed by atoms with Gasteiger partial charge in [-0.1, -0.05) is 26.0 Å². The van der Waals surface area contributed by atoms with Crippen molar-refractivity contribution in [1.82, 2.24) is 16.0 Å². The number of phenolic OH excluding ortho intramolecular Hbond substituents is 1. The number of nitrogens with one attached hydrogen (secondary N) is 3. The number of amides is 3. The molecule has 0 aliphatic heterocycles. The maximum atomic E-state index is 13.1. The third-order valence-corrected chi connectivity index (χ3v) is 5.64. The van der Waals surface area contributed by atoms with Crippen molar-refractivity contribution >= 4 is 35.6 Å². The van der Waals surface area contributed by atoms with Crippen molar-refractivity contribution in [1.29, 1.82) is 0 Å². The Labute approximate surface area is 231 Å². The molecule has 1 rings (SSSR count). The van der Waals surface area contributed by atoms with Crippen molar-refractivity contribution in [3.8, 4) is 5.75 Å². The topological polar surface area (TPSA) is 273 Å². The van der Waals surface area contributed by atoms with Gasteiger partial charge in [-0.3, -0.25) is 24.2 Å². The van der Waals surface area contributed by atoms with E-state index in [1.54, 1.807) is 0 Å². The fourth-order valence-electron chi connectivity index (χ4n) is 3.66. The molecule has 4 atom stereocenters. The average molecular weight is 566 g/mol. The standard InChI is InChI=1S/C25H39N7O8/c1-13(2)10-16(26)21(36)30-17(4-3-9-29-25(27)28)22(37)31-18(12-20(34)35)23(38)32-19(24(39)40)11-14-5-7-15(33)8-6-14/h5-8,13,16-19,33H,3-4,9-12,26H2,1-2H3,(H,30,36)(H,31,37)(H,32,38)(H,34,35)(H,39,40)(H4,27,28,29). The van der Waals surface area contributed by atoms with Gasteiger partial charge in [-0.2, -0.15) is 0 Å². The predicted octanol–water partition coefficient (Wildman–Crippen LogP) is -1.62. The van der Waals surface area contributed by atoms with E-state index < -0.39 is 60.2 Å². The lowest BCUT2D eigenvalue weighted by Crippen LogP contribution is -2.57. The summed E-state index contributed by atoms with van der Waals surface area (Å²) in [6.07, 6.45) is -0.408. The number of rotatable bonds is 17. The summed E-state index contributed by atoms with van der Waals surface area (Å²) in [6, 6.07) is 0.374. The van der Waals surface area contributed by atoms with E-state index in [0.29, 0.717) is 12.0 Å². The molecule has 0 heterocycles. The highest BCUT2D eigenvalue weighted by Crippen LogP contribution is 2.12. The van der Waals surface area contributed by atoms with Gasteiger partial charge < -0.3 is 48.5 Å². The summed E-state index contributed by atoms with van der Waals surface area (Å²) in [5.41, 5.74) is 17.0. The highest BCUT2D eigenvalue weighted by atomic mass is 16.4. The Morgan fingerprint density at radius 3 is 1.95 bits per heavy atom. The molecule has 0 fully saturated rings. The van der Waals surface area contributed by atoms with Crippen molar-refractivity contribution in [2.75, 3.05) is 6.54 Å². The minimum atomic E-state index is -1.66. The Kier molecular flexibility index (Phi) is 13.9. The molecule has 0 aromatic heterocycles. The molecule has 3 amide bonds. The molecule has 1 aromatic rings. The van der Waals surface area contributed by atoms with Crippen LogP contribution in [0.4, 0.5) is 0 Å². The summed E-state index contributed by atoms with van der Waals surface area (Å²) in [4.78, 5) is 65.7. The number of hydrogen-bond donors (Lipinski definition) is 9. The lowest BCUT2D eigenvalue weighted by atomic mass is 10.0. The van der Waals surface area contributed by atoms with Gasteiger partial charge in [0.05, 0.1) is 12.5 Å². The second-order valence-electron chi connectivity index (χ2n) is 9.68. The maximum absolute atomic E-state index is 13.1. The smallest absolute Gasteiger partial charge is 0.326 e. The van der Waals surface area contributed by atoms with Crippen LogP contribution in [0.2, 0.25) is 0 Å². The van der Waals surface area contributed by atoms with Crippen LogP contribution in [0.25, 0.3) is 0 Å². The number of phenols is 1. The van der Waals surface area contributed by atoms with E-state index in [9.17, 15) is 39.3 Å². The third kappa shape index (κ3) is 12.9. The molecular weight excluding hydrogens is 526 g/mol. The maximum Gasteiger partial charge on any atom is 0.326 e. The van der Waals surface area contributed by atoms with Gasteiger partial charge in [0.15, 0.2) is 5.96 Å². The second kappa shape index (κ2) is 16.5. The van der Waals surface area contributed by atoms with Crippen LogP contribution in [0.15, 0.2) is 29.3 Å². The monoisotopic (exact) mass is 565 g/mol. The molecular formula is C25H39N7O8. The van der Waals surface area contributed by atoms with Gasteiger partial charge in [0.1, 0.15) is 23.9 Å². The molecule has 222 valence electrons. The summed E-state index contributed by atoms with van der Waals surface area (Å²) in [6.45, 7) is 3.87. The fraction of sp³-hybridized carbons (Fsp3) is 0.520. The van der Waals surface area contributed by atoms with E-state index in [4.69, 9.17) is 17.2 Å². The number of benzene rings is 1. The van der Waals surface area contributed by atoms with Crippen LogP contribution in [0.3, 0.4) is 0 Å². The number of nitrogens with zero attached hydrogens (tertiary/aromatic N) is 1. The van der Waals surface area contributed by atoms with E-state index in [1.165, 1.54) is 24.3 Å². The number of aromatic hydroxyl groups is 1. The Balaban J connectivity index is 3.06. The van der Waals surface area contributed by atoms with Gasteiger partial charge in [-0.25, -0.2) is 4.79 Å². The fourth-order valence-corrected chi connectivity index (χ4v) is 3.66. The van der Waals surface area contributed by atoms with Crippen molar-refractivity contribution in [3.05, 3.63) is 29.8 Å². The number of aliphatic imine (C=N–C) groups is 1. The van der Waals surface area contributed by atoms with Gasteiger partial charge in [-0.15, -0.1) is 0 Å². The van der Waals surface area contributed by atoms with Crippen LogP contribution in [0.1, 0.15) is 45.1 Å². The molecule has 0 aliphatic rings. The van der Waals surface area contributed by atoms with Crippen molar-refractivity contribution in [3.63, 3.8) is 0 Å². The molecule has 1 aromatic carbocycles. The minimum Gasteiger partial charge on any atom is -0.508 e. The lowest BCUT2D eigenvalue weighted by molar-refractivity contribution is -0.143. The molecule has 15 nitrogen and oxygen atoms in total. The highest BCUT2D eigenvalue weighted by Gasteiger charge is 2.31. The number of carbonyl (C=O) groups excluding carboxylic acids is 3. The molecule has 40 heavy (non-hydrogen) atoms. The van der Waals surface area contributed by atoms with E-state index in [-0.39, 0.29) is 43.4 Å². The summed E-state index contributed by atoms with van der Waals surface area (Å²) < 4.78 is 0. The van der Waals surface area contributed by atoms with E-state index >= 15 is 0 Å². The van der Waals surface area contributed by atoms with E-state index in [2.05, 4.69) is 20.9 Å². The van der Waals surface area contributed by atoms with Gasteiger partial charge in [0.2, 0.25) is 17.7 Å². The first-order valence-corrected chi connectivity index (χ1v) is 12.6. The SMILES string of the molecule is CC(C)CC(N)C(=O)NC(CCCN=C(N)N)C(=O)NC(CC(=O)O)C(=O)NC(Cc1ccc(O)cc1)C(=O)O. The van der Waals surface area contributed by atoms with Crippen molar-refractivity contribution < 1.29 is 39.3 Å². The Bertz CT molecular complexity index is 1060. The van der Waals surface area contributed by atoms with Gasteiger partial charge in [-0.05, 0) is 42.9 Å². The number of hydrogen-bond acceptors (Lipinski definition) is 8. The van der Waals surface area contributed by atoms with Gasteiger partial charge >= 0.3 is 11.9 Å². The lowest BCUT2D eigenvalue weighted by Gasteiger charge is -2.25. The highest BCUT2D eigenvalue weighted by molar-refractivity contribution is 5.95. The normalized spacial score (nSPS) is 13.8. The first-order valence-electron chi connectivity index (χ1n) is 12.6. The van der Waals surface area contributed by atoms with E-state index in [0.717, 1.165) is 0 Å². The molecule has 4 unspecified atom stereocenters. The third-order valence-electron chi connectivity index (χ3n) is 5.64. The molecule has 0 spiro atoms. The number of carbonyl (C=O) groups is 5. The van der Waals surface area contributed by atoms with Gasteiger partial charge in [0.25, 0.3) is 0 Å². The average Bonchev–Trinajstić information content (AvgIpc) is 2.85. The molecule has 0 bridgehead atoms. The summed E-state index contributed by atoms with van der Waals surface area (Å²) in [5, 5.41) is 35.4. The summed E-state index contributed by atoms with van der Waals surface area (Å²) >= 11 is 0. The molecule has 0 saturated heterocycles. The van der Waals surface area contributed by atoms with Crippen molar-refractivity contribution in [2.24, 2.45) is 28.1 Å². The molecule has 12 N–H and O–H groups in total. The quantitative estimate of drug-likeness (QED) is 0.0587. The Morgan fingerprint density at radius 2 is 1.43 bits per heavy atom. The summed E-state index contributed by atoms with van der Waals surface area (Å²) in [5.74, 6) is -5.47. The second-order valence-corrected chi connectivity index (χ2v) is 9.68. The number of carboxylic acid groups (broad SMARTS) is 2. The number of aliphatic carboxylic acids is 2. The van der Waals surface area contributed by atoms with Crippen molar-refractivity contribution in [2.45, 2.75) is 70.1 Å². The zero-order valence-electron chi connectivity index (χ0n) is 22.5. The number of guanidine groups is 1. The van der Waals surface area contributed by atoms with Crippen LogP contribution in [-0.2, 0) is 30.4 Å². The first kappa shape index (κ1) is 33.6. The zero-order chi connectivity index (χ0) is 30.4. The largest absolute Gasteiger partial charge is 0.508 e. The van der Waals surface area contributed by atoms with Gasteiger partial charge in [0, 0.05) is 13.0 Å². The van der Waals surface area contributed by atoms with Crippen LogP contribution in [-0.4, -0.2) is 81.7 Å². The number of nitrogens with two attached hydrogens (primary N) is 3. The minimum absolute atomic E-state index is 0.0305. The van der Waals surface area contributed by atoms with Crippen LogP contribution < -0.4 is 33.2 Å².